The quantitative estimate of drug-likeness (QED) is 0.817. The molecule has 0 amide bonds. The first kappa shape index (κ1) is 15.0. The molecule has 2 aromatic heterocycles. The van der Waals surface area contributed by atoms with Crippen LogP contribution in [-0.2, 0) is 13.6 Å². The minimum atomic E-state index is 0.331. The number of ether oxygens (including phenoxy) is 1. The molecule has 0 unspecified atom stereocenters. The molecule has 2 aromatic rings. The molecule has 0 aromatic carbocycles. The molecule has 0 bridgehead atoms. The number of nitrogens with one attached hydrogen (secondary N) is 1. The standard InChI is InChI=1S/C13H21N7O/c1-5-8-21-13-17-11(14-2)16-12(18-13)20(4)9-10-15-6-7-19(10)3/h6-7H,5,8-9H2,1-4H3,(H,14,16,17,18). The fourth-order valence-corrected chi connectivity index (χ4v) is 1.72. The fourth-order valence-electron chi connectivity index (χ4n) is 1.72. The minimum absolute atomic E-state index is 0.331. The molecule has 8 heteroatoms. The van der Waals surface area contributed by atoms with E-state index in [1.165, 1.54) is 0 Å². The second-order valence-corrected chi connectivity index (χ2v) is 4.65. The summed E-state index contributed by atoms with van der Waals surface area (Å²) in [6.07, 6.45) is 4.58. The predicted octanol–water partition coefficient (Wildman–Crippen LogP) is 1.07. The number of rotatable bonds is 7. The van der Waals surface area contributed by atoms with Crippen LogP contribution in [0.25, 0.3) is 0 Å². The Morgan fingerprint density at radius 2 is 2.14 bits per heavy atom. The van der Waals surface area contributed by atoms with E-state index < -0.39 is 0 Å². The van der Waals surface area contributed by atoms with E-state index in [4.69, 9.17) is 4.74 Å². The van der Waals surface area contributed by atoms with Gasteiger partial charge in [-0.2, -0.15) is 15.0 Å². The molecule has 0 aliphatic heterocycles. The molecular formula is C13H21N7O. The highest BCUT2D eigenvalue weighted by atomic mass is 16.5. The van der Waals surface area contributed by atoms with Crippen molar-refractivity contribution in [1.82, 2.24) is 24.5 Å². The number of aryl methyl sites for hydroxylation is 1. The predicted molar refractivity (Wildman–Crippen MR) is 80.5 cm³/mol. The zero-order valence-electron chi connectivity index (χ0n) is 12.9. The third kappa shape index (κ3) is 3.80. The van der Waals surface area contributed by atoms with E-state index in [1.807, 2.05) is 36.7 Å². The lowest BCUT2D eigenvalue weighted by Crippen LogP contribution is -2.22. The summed E-state index contributed by atoms with van der Waals surface area (Å²) in [6.45, 7) is 3.22. The van der Waals surface area contributed by atoms with Gasteiger partial charge < -0.3 is 19.5 Å². The molecule has 0 atom stereocenters. The lowest BCUT2D eigenvalue weighted by atomic mass is 10.5. The van der Waals surface area contributed by atoms with Gasteiger partial charge >= 0.3 is 6.01 Å². The van der Waals surface area contributed by atoms with Gasteiger partial charge in [-0.25, -0.2) is 4.98 Å². The average Bonchev–Trinajstić information content (AvgIpc) is 2.90. The first-order valence-electron chi connectivity index (χ1n) is 6.88. The molecule has 21 heavy (non-hydrogen) atoms. The molecule has 0 saturated carbocycles. The number of aromatic nitrogens is 5. The van der Waals surface area contributed by atoms with Gasteiger partial charge in [-0.15, -0.1) is 0 Å². The molecule has 0 aliphatic rings. The zero-order valence-corrected chi connectivity index (χ0v) is 12.9. The molecule has 0 saturated heterocycles. The Morgan fingerprint density at radius 3 is 2.76 bits per heavy atom. The van der Waals surface area contributed by atoms with Crippen LogP contribution in [0.15, 0.2) is 12.4 Å². The highest BCUT2D eigenvalue weighted by molar-refractivity contribution is 5.37. The van der Waals surface area contributed by atoms with Crippen LogP contribution < -0.4 is 15.0 Å². The van der Waals surface area contributed by atoms with E-state index in [9.17, 15) is 0 Å². The van der Waals surface area contributed by atoms with Crippen LogP contribution in [0, 0.1) is 0 Å². The summed E-state index contributed by atoms with van der Waals surface area (Å²) in [5.41, 5.74) is 0. The summed E-state index contributed by atoms with van der Waals surface area (Å²) in [5.74, 6) is 1.96. The molecule has 8 nitrogen and oxygen atoms in total. The van der Waals surface area contributed by atoms with Crippen molar-refractivity contribution < 1.29 is 4.74 Å². The monoisotopic (exact) mass is 291 g/mol. The summed E-state index contributed by atoms with van der Waals surface area (Å²) in [4.78, 5) is 19.1. The minimum Gasteiger partial charge on any atom is -0.463 e. The van der Waals surface area contributed by atoms with E-state index in [0.717, 1.165) is 12.2 Å². The first-order chi connectivity index (χ1) is 10.1. The highest BCUT2D eigenvalue weighted by Crippen LogP contribution is 2.15. The number of hydrogen-bond donors (Lipinski definition) is 1. The van der Waals surface area contributed by atoms with Gasteiger partial charge in [0.25, 0.3) is 0 Å². The molecule has 1 N–H and O–H groups in total. The second kappa shape index (κ2) is 6.87. The zero-order chi connectivity index (χ0) is 15.2. The van der Waals surface area contributed by atoms with Crippen molar-refractivity contribution in [2.45, 2.75) is 19.9 Å². The van der Waals surface area contributed by atoms with Gasteiger partial charge in [-0.1, -0.05) is 6.92 Å². The van der Waals surface area contributed by atoms with Gasteiger partial charge in [0, 0.05) is 33.5 Å². The van der Waals surface area contributed by atoms with E-state index in [2.05, 4.69) is 25.3 Å². The van der Waals surface area contributed by atoms with Crippen molar-refractivity contribution in [3.63, 3.8) is 0 Å². The van der Waals surface area contributed by atoms with E-state index >= 15 is 0 Å². The Balaban J connectivity index is 2.18. The Labute approximate surface area is 124 Å². The van der Waals surface area contributed by atoms with Crippen molar-refractivity contribution in [3.8, 4) is 6.01 Å². The van der Waals surface area contributed by atoms with Crippen molar-refractivity contribution in [1.29, 1.82) is 0 Å². The largest absolute Gasteiger partial charge is 0.463 e. The van der Waals surface area contributed by atoms with E-state index in [0.29, 0.717) is 31.1 Å². The van der Waals surface area contributed by atoms with Crippen molar-refractivity contribution in [3.05, 3.63) is 18.2 Å². The molecule has 0 radical (unpaired) electrons. The molecule has 114 valence electrons. The second-order valence-electron chi connectivity index (χ2n) is 4.65. The molecule has 2 rings (SSSR count). The van der Waals surface area contributed by atoms with Crippen LogP contribution in [0.4, 0.5) is 11.9 Å². The number of hydrogen-bond acceptors (Lipinski definition) is 7. The van der Waals surface area contributed by atoms with Crippen LogP contribution in [0.2, 0.25) is 0 Å². The summed E-state index contributed by atoms with van der Waals surface area (Å²) >= 11 is 0. The Bertz CT molecular complexity index is 584. The molecule has 0 aliphatic carbocycles. The van der Waals surface area contributed by atoms with Crippen LogP contribution in [-0.4, -0.2) is 45.2 Å². The lowest BCUT2D eigenvalue weighted by molar-refractivity contribution is 0.292. The maximum absolute atomic E-state index is 5.50. The summed E-state index contributed by atoms with van der Waals surface area (Å²) in [5, 5.41) is 2.92. The average molecular weight is 291 g/mol. The topological polar surface area (TPSA) is 81.0 Å². The van der Waals surface area contributed by atoms with Crippen LogP contribution >= 0.6 is 0 Å². The Hall–Kier alpha value is -2.38. The highest BCUT2D eigenvalue weighted by Gasteiger charge is 2.12. The Kier molecular flexibility index (Phi) is 4.91. The maximum atomic E-state index is 5.50. The fraction of sp³-hybridized carbons (Fsp3) is 0.538. The third-order valence-electron chi connectivity index (χ3n) is 2.90. The lowest BCUT2D eigenvalue weighted by Gasteiger charge is -2.17. The Morgan fingerprint density at radius 1 is 1.33 bits per heavy atom. The molecular weight excluding hydrogens is 270 g/mol. The molecule has 0 fully saturated rings. The van der Waals surface area contributed by atoms with Crippen LogP contribution in [0.3, 0.4) is 0 Å². The van der Waals surface area contributed by atoms with Gasteiger partial charge in [0.2, 0.25) is 11.9 Å². The van der Waals surface area contributed by atoms with Gasteiger partial charge in [0.1, 0.15) is 5.82 Å². The third-order valence-corrected chi connectivity index (χ3v) is 2.90. The van der Waals surface area contributed by atoms with E-state index in [-0.39, 0.29) is 0 Å². The smallest absolute Gasteiger partial charge is 0.323 e. The number of anilines is 2. The SMILES string of the molecule is CCCOc1nc(NC)nc(N(C)Cc2nccn2C)n1. The molecule has 2 heterocycles. The summed E-state index contributed by atoms with van der Waals surface area (Å²) in [7, 11) is 5.63. The van der Waals surface area contributed by atoms with Gasteiger partial charge in [0.15, 0.2) is 0 Å². The normalized spacial score (nSPS) is 10.5. The van der Waals surface area contributed by atoms with Crippen molar-refractivity contribution in [2.24, 2.45) is 7.05 Å². The van der Waals surface area contributed by atoms with Gasteiger partial charge in [-0.05, 0) is 6.42 Å². The van der Waals surface area contributed by atoms with E-state index in [1.54, 1.807) is 13.2 Å². The van der Waals surface area contributed by atoms with Crippen molar-refractivity contribution >= 4 is 11.9 Å². The van der Waals surface area contributed by atoms with Crippen LogP contribution in [0.5, 0.6) is 6.01 Å². The first-order valence-corrected chi connectivity index (χ1v) is 6.88. The van der Waals surface area contributed by atoms with Crippen LogP contribution in [0.1, 0.15) is 19.2 Å². The number of imidazole rings is 1. The van der Waals surface area contributed by atoms with Gasteiger partial charge in [0.05, 0.1) is 13.2 Å². The van der Waals surface area contributed by atoms with Gasteiger partial charge in [-0.3, -0.25) is 0 Å². The maximum Gasteiger partial charge on any atom is 0.323 e. The number of nitrogens with zero attached hydrogens (tertiary/aromatic N) is 6. The summed E-state index contributed by atoms with van der Waals surface area (Å²) < 4.78 is 7.46. The van der Waals surface area contributed by atoms with Crippen molar-refractivity contribution in [2.75, 3.05) is 30.9 Å². The molecule has 0 spiro atoms. The summed E-state index contributed by atoms with van der Waals surface area (Å²) in [6, 6.07) is 0.331.